The average molecular weight is 390 g/mol. The van der Waals surface area contributed by atoms with Crippen molar-refractivity contribution in [2.24, 2.45) is 0 Å². The van der Waals surface area contributed by atoms with Gasteiger partial charge in [-0.3, -0.25) is 4.79 Å². The molecule has 0 aliphatic carbocycles. The van der Waals surface area contributed by atoms with Crippen LogP contribution in [-0.2, 0) is 23.9 Å². The van der Waals surface area contributed by atoms with Gasteiger partial charge >= 0.3 is 6.18 Å². The fourth-order valence-corrected chi connectivity index (χ4v) is 2.46. The molecule has 0 unspecified atom stereocenters. The predicted molar refractivity (Wildman–Crippen MR) is 81.1 cm³/mol. The Morgan fingerprint density at radius 2 is 1.83 bits per heavy atom. The quantitative estimate of drug-likeness (QED) is 0.768. The maximum atomic E-state index is 13.3. The average Bonchev–Trinajstić information content (AvgIpc) is 2.44. The summed E-state index contributed by atoms with van der Waals surface area (Å²) in [5, 5.41) is 2.48. The second-order valence-corrected chi connectivity index (χ2v) is 5.85. The lowest BCUT2D eigenvalue weighted by Gasteiger charge is -2.10. The molecule has 0 spiro atoms. The van der Waals surface area contributed by atoms with Crippen LogP contribution in [0.15, 0.2) is 46.9 Å². The summed E-state index contributed by atoms with van der Waals surface area (Å²) in [6.45, 7) is -0.173. The molecule has 1 N–H and O–H groups in total. The SMILES string of the molecule is O=C(Cc1cccc(Br)c1)NCc1cc(F)cc(C(F)(F)F)c1. The number of halogens is 5. The minimum absolute atomic E-state index is 0.0555. The standard InChI is InChI=1S/C16H12BrF4NO/c17-13-3-1-2-10(5-13)7-15(23)22-9-11-4-12(16(19,20)21)8-14(18)6-11/h1-6,8H,7,9H2,(H,22,23). The maximum Gasteiger partial charge on any atom is 0.416 e. The van der Waals surface area contributed by atoms with E-state index in [0.29, 0.717) is 6.07 Å². The van der Waals surface area contributed by atoms with Gasteiger partial charge in [0.15, 0.2) is 0 Å². The van der Waals surface area contributed by atoms with Crippen molar-refractivity contribution in [1.29, 1.82) is 0 Å². The zero-order valence-corrected chi connectivity index (χ0v) is 13.3. The van der Waals surface area contributed by atoms with E-state index in [-0.39, 0.29) is 24.4 Å². The van der Waals surface area contributed by atoms with E-state index in [2.05, 4.69) is 21.2 Å². The van der Waals surface area contributed by atoms with Crippen molar-refractivity contribution < 1.29 is 22.4 Å². The van der Waals surface area contributed by atoms with Crippen LogP contribution in [0, 0.1) is 5.82 Å². The number of amides is 1. The minimum atomic E-state index is -4.63. The molecule has 2 rings (SSSR count). The Labute approximate surface area is 138 Å². The topological polar surface area (TPSA) is 29.1 Å². The summed E-state index contributed by atoms with van der Waals surface area (Å²) in [4.78, 5) is 11.8. The van der Waals surface area contributed by atoms with Crippen LogP contribution in [0.5, 0.6) is 0 Å². The van der Waals surface area contributed by atoms with E-state index in [1.165, 1.54) is 0 Å². The fraction of sp³-hybridized carbons (Fsp3) is 0.188. The van der Waals surface area contributed by atoms with Crippen molar-refractivity contribution in [3.8, 4) is 0 Å². The predicted octanol–water partition coefficient (Wildman–Crippen LogP) is 4.47. The molecule has 0 aliphatic rings. The lowest BCUT2D eigenvalue weighted by Crippen LogP contribution is -2.24. The van der Waals surface area contributed by atoms with Gasteiger partial charge in [-0.25, -0.2) is 4.39 Å². The summed E-state index contributed by atoms with van der Waals surface area (Å²) in [6.07, 6.45) is -4.54. The number of benzene rings is 2. The third-order valence-electron chi connectivity index (χ3n) is 3.03. The van der Waals surface area contributed by atoms with E-state index in [4.69, 9.17) is 0 Å². The van der Waals surface area contributed by atoms with Gasteiger partial charge in [-0.15, -0.1) is 0 Å². The van der Waals surface area contributed by atoms with E-state index >= 15 is 0 Å². The largest absolute Gasteiger partial charge is 0.416 e. The normalized spacial score (nSPS) is 11.3. The highest BCUT2D eigenvalue weighted by atomic mass is 79.9. The maximum absolute atomic E-state index is 13.3. The van der Waals surface area contributed by atoms with Crippen LogP contribution < -0.4 is 5.32 Å². The number of nitrogens with one attached hydrogen (secondary N) is 1. The Morgan fingerprint density at radius 3 is 2.48 bits per heavy atom. The fourth-order valence-electron chi connectivity index (χ4n) is 2.01. The first-order chi connectivity index (χ1) is 10.7. The van der Waals surface area contributed by atoms with Crippen LogP contribution >= 0.6 is 15.9 Å². The first kappa shape index (κ1) is 17.5. The van der Waals surface area contributed by atoms with E-state index in [0.717, 1.165) is 22.2 Å². The van der Waals surface area contributed by atoms with E-state index in [1.807, 2.05) is 6.07 Å². The van der Waals surface area contributed by atoms with Gasteiger partial charge in [-0.2, -0.15) is 13.2 Å². The van der Waals surface area contributed by atoms with Crippen LogP contribution in [0.1, 0.15) is 16.7 Å². The molecule has 0 saturated carbocycles. The third kappa shape index (κ3) is 5.35. The molecule has 2 aromatic rings. The van der Waals surface area contributed by atoms with E-state index in [1.54, 1.807) is 18.2 Å². The molecule has 0 aliphatic heterocycles. The summed E-state index contributed by atoms with van der Waals surface area (Å²) < 4.78 is 51.9. The number of hydrogen-bond donors (Lipinski definition) is 1. The van der Waals surface area contributed by atoms with E-state index in [9.17, 15) is 22.4 Å². The van der Waals surface area contributed by atoms with Gasteiger partial charge in [0.1, 0.15) is 5.82 Å². The Morgan fingerprint density at radius 1 is 1.09 bits per heavy atom. The summed E-state index contributed by atoms with van der Waals surface area (Å²) in [5.74, 6) is -1.35. The lowest BCUT2D eigenvalue weighted by molar-refractivity contribution is -0.137. The molecule has 2 aromatic carbocycles. The van der Waals surface area contributed by atoms with Gasteiger partial charge in [0.05, 0.1) is 12.0 Å². The summed E-state index contributed by atoms with van der Waals surface area (Å²) >= 11 is 3.28. The monoisotopic (exact) mass is 389 g/mol. The molecule has 0 aromatic heterocycles. The molecule has 2 nitrogen and oxygen atoms in total. The Hall–Kier alpha value is -1.89. The molecule has 0 saturated heterocycles. The summed E-state index contributed by atoms with van der Waals surface area (Å²) in [6, 6.07) is 9.32. The molecule has 0 fully saturated rings. The zero-order valence-electron chi connectivity index (χ0n) is 11.8. The molecule has 7 heteroatoms. The Kier molecular flexibility index (Phi) is 5.41. The van der Waals surface area contributed by atoms with Gasteiger partial charge in [-0.05, 0) is 41.5 Å². The molecular weight excluding hydrogens is 378 g/mol. The number of carbonyl (C=O) groups is 1. The zero-order chi connectivity index (χ0) is 17.0. The van der Waals surface area contributed by atoms with Crippen LogP contribution in [0.2, 0.25) is 0 Å². The first-order valence-corrected chi connectivity index (χ1v) is 7.41. The smallest absolute Gasteiger partial charge is 0.352 e. The molecule has 0 bridgehead atoms. The Bertz CT molecular complexity index is 715. The van der Waals surface area contributed by atoms with Crippen LogP contribution in [-0.4, -0.2) is 5.91 Å². The number of alkyl halides is 3. The highest BCUT2D eigenvalue weighted by Crippen LogP contribution is 2.30. The van der Waals surface area contributed by atoms with Crippen molar-refractivity contribution in [2.75, 3.05) is 0 Å². The molecule has 0 heterocycles. The van der Waals surface area contributed by atoms with Gasteiger partial charge in [0.2, 0.25) is 5.91 Å². The Balaban J connectivity index is 2.00. The van der Waals surface area contributed by atoms with Gasteiger partial charge < -0.3 is 5.32 Å². The number of rotatable bonds is 4. The van der Waals surface area contributed by atoms with Crippen molar-refractivity contribution in [3.05, 3.63) is 69.4 Å². The highest BCUT2D eigenvalue weighted by molar-refractivity contribution is 9.10. The number of carbonyl (C=O) groups excluding carboxylic acids is 1. The summed E-state index contributed by atoms with van der Waals surface area (Å²) in [5.41, 5.74) is -0.263. The molecule has 0 atom stereocenters. The summed E-state index contributed by atoms with van der Waals surface area (Å²) in [7, 11) is 0. The molecular formula is C16H12BrF4NO. The van der Waals surface area contributed by atoms with Crippen LogP contribution in [0.3, 0.4) is 0 Å². The van der Waals surface area contributed by atoms with Crippen LogP contribution in [0.4, 0.5) is 17.6 Å². The molecule has 0 radical (unpaired) electrons. The molecule has 1 amide bonds. The second kappa shape index (κ2) is 7.12. The van der Waals surface area contributed by atoms with Gasteiger partial charge in [0, 0.05) is 11.0 Å². The van der Waals surface area contributed by atoms with Gasteiger partial charge in [-0.1, -0.05) is 28.1 Å². The minimum Gasteiger partial charge on any atom is -0.352 e. The molecule has 122 valence electrons. The second-order valence-electron chi connectivity index (χ2n) is 4.93. The van der Waals surface area contributed by atoms with Crippen molar-refractivity contribution in [1.82, 2.24) is 5.32 Å². The van der Waals surface area contributed by atoms with E-state index < -0.39 is 17.6 Å². The first-order valence-electron chi connectivity index (χ1n) is 6.62. The molecule has 23 heavy (non-hydrogen) atoms. The van der Waals surface area contributed by atoms with Gasteiger partial charge in [0.25, 0.3) is 0 Å². The van der Waals surface area contributed by atoms with Crippen LogP contribution in [0.25, 0.3) is 0 Å². The number of hydrogen-bond acceptors (Lipinski definition) is 1. The van der Waals surface area contributed by atoms with Crippen molar-refractivity contribution in [3.63, 3.8) is 0 Å². The highest BCUT2D eigenvalue weighted by Gasteiger charge is 2.31. The van der Waals surface area contributed by atoms with Crippen molar-refractivity contribution in [2.45, 2.75) is 19.1 Å². The lowest BCUT2D eigenvalue weighted by atomic mass is 10.1. The van der Waals surface area contributed by atoms with Crippen molar-refractivity contribution >= 4 is 21.8 Å². The third-order valence-corrected chi connectivity index (χ3v) is 3.52.